The number of benzene rings is 1. The largest absolute Gasteiger partial charge is 0.396 e. The molecule has 1 aromatic carbocycles. The zero-order valence-electron chi connectivity index (χ0n) is 11.7. The molecule has 3 rings (SSSR count). The summed E-state index contributed by atoms with van der Waals surface area (Å²) in [4.78, 5) is 0. The SMILES string of the molecule is O=S(=O)(Cc1ccccc1Cl)NC1C2CCC(C2)C1CO. The van der Waals surface area contributed by atoms with Gasteiger partial charge in [-0.15, -0.1) is 0 Å². The topological polar surface area (TPSA) is 66.4 Å². The summed E-state index contributed by atoms with van der Waals surface area (Å²) in [5.41, 5.74) is 0.607. The van der Waals surface area contributed by atoms with Gasteiger partial charge in [0.1, 0.15) is 0 Å². The Hall–Kier alpha value is -0.620. The highest BCUT2D eigenvalue weighted by Gasteiger charge is 2.48. The molecule has 0 aromatic heterocycles. The van der Waals surface area contributed by atoms with Crippen molar-refractivity contribution in [3.8, 4) is 0 Å². The number of hydrogen-bond donors (Lipinski definition) is 2. The van der Waals surface area contributed by atoms with Gasteiger partial charge in [-0.05, 0) is 42.7 Å². The Bertz CT molecular complexity index is 619. The van der Waals surface area contributed by atoms with Gasteiger partial charge >= 0.3 is 0 Å². The molecule has 2 bridgehead atoms. The van der Waals surface area contributed by atoms with Crippen LogP contribution in [0.4, 0.5) is 0 Å². The van der Waals surface area contributed by atoms with E-state index in [4.69, 9.17) is 11.6 Å². The summed E-state index contributed by atoms with van der Waals surface area (Å²) < 4.78 is 27.6. The first kappa shape index (κ1) is 15.3. The molecule has 4 nitrogen and oxygen atoms in total. The quantitative estimate of drug-likeness (QED) is 0.870. The Balaban J connectivity index is 1.73. The maximum Gasteiger partial charge on any atom is 0.216 e. The molecule has 2 saturated carbocycles. The van der Waals surface area contributed by atoms with Crippen molar-refractivity contribution in [2.75, 3.05) is 6.61 Å². The monoisotopic (exact) mass is 329 g/mol. The van der Waals surface area contributed by atoms with Crippen LogP contribution < -0.4 is 4.72 Å². The average molecular weight is 330 g/mol. The van der Waals surface area contributed by atoms with Crippen LogP contribution in [0.3, 0.4) is 0 Å². The van der Waals surface area contributed by atoms with E-state index in [1.807, 2.05) is 0 Å². The molecule has 0 aliphatic heterocycles. The Kier molecular flexibility index (Phi) is 4.28. The molecule has 21 heavy (non-hydrogen) atoms. The molecule has 0 radical (unpaired) electrons. The summed E-state index contributed by atoms with van der Waals surface area (Å²) in [6, 6.07) is 6.86. The van der Waals surface area contributed by atoms with Crippen molar-refractivity contribution >= 4 is 21.6 Å². The summed E-state index contributed by atoms with van der Waals surface area (Å²) in [5, 5.41) is 10.0. The molecule has 116 valence electrons. The minimum absolute atomic E-state index is 0.0560. The highest BCUT2D eigenvalue weighted by atomic mass is 35.5. The van der Waals surface area contributed by atoms with Crippen LogP contribution in [0.2, 0.25) is 5.02 Å². The predicted octanol–water partition coefficient (Wildman–Crippen LogP) is 2.17. The number of hydrogen-bond acceptors (Lipinski definition) is 3. The maximum absolute atomic E-state index is 12.4. The van der Waals surface area contributed by atoms with E-state index in [0.717, 1.165) is 19.3 Å². The average Bonchev–Trinajstić information content (AvgIpc) is 3.01. The first-order valence-corrected chi connectivity index (χ1v) is 9.37. The fourth-order valence-corrected chi connectivity index (χ4v) is 5.73. The van der Waals surface area contributed by atoms with Crippen LogP contribution in [0.1, 0.15) is 24.8 Å². The van der Waals surface area contributed by atoms with Crippen LogP contribution >= 0.6 is 11.6 Å². The molecule has 0 amide bonds. The van der Waals surface area contributed by atoms with Gasteiger partial charge in [0.2, 0.25) is 10.0 Å². The molecule has 4 atom stereocenters. The second-order valence-electron chi connectivity index (χ2n) is 6.17. The Morgan fingerprint density at radius 2 is 1.95 bits per heavy atom. The van der Waals surface area contributed by atoms with E-state index in [9.17, 15) is 13.5 Å². The van der Waals surface area contributed by atoms with E-state index in [0.29, 0.717) is 22.4 Å². The lowest BCUT2D eigenvalue weighted by atomic mass is 9.86. The summed E-state index contributed by atoms with van der Waals surface area (Å²) in [7, 11) is -3.45. The smallest absolute Gasteiger partial charge is 0.216 e. The highest BCUT2D eigenvalue weighted by molar-refractivity contribution is 7.88. The molecule has 2 aliphatic carbocycles. The third-order valence-corrected chi connectivity index (χ3v) is 6.61. The van der Waals surface area contributed by atoms with Crippen LogP contribution in [-0.2, 0) is 15.8 Å². The molecule has 2 N–H and O–H groups in total. The van der Waals surface area contributed by atoms with Gasteiger partial charge in [0.05, 0.1) is 5.75 Å². The van der Waals surface area contributed by atoms with E-state index in [2.05, 4.69) is 4.72 Å². The first-order valence-electron chi connectivity index (χ1n) is 7.34. The van der Waals surface area contributed by atoms with Crippen molar-refractivity contribution < 1.29 is 13.5 Å². The van der Waals surface area contributed by atoms with Crippen molar-refractivity contribution in [2.45, 2.75) is 31.1 Å². The second kappa shape index (κ2) is 5.88. The molecule has 6 heteroatoms. The van der Waals surface area contributed by atoms with Crippen molar-refractivity contribution in [3.63, 3.8) is 0 Å². The third-order valence-electron chi connectivity index (χ3n) is 4.92. The van der Waals surface area contributed by atoms with Gasteiger partial charge < -0.3 is 5.11 Å². The van der Waals surface area contributed by atoms with Gasteiger partial charge in [-0.25, -0.2) is 13.1 Å². The molecule has 2 aliphatic rings. The number of rotatable bonds is 5. The van der Waals surface area contributed by atoms with Crippen LogP contribution in [0.25, 0.3) is 0 Å². The lowest BCUT2D eigenvalue weighted by Crippen LogP contribution is -2.45. The zero-order valence-corrected chi connectivity index (χ0v) is 13.3. The number of fused-ring (bicyclic) bond motifs is 2. The van der Waals surface area contributed by atoms with E-state index in [-0.39, 0.29) is 24.3 Å². The number of aliphatic hydroxyl groups excluding tert-OH is 1. The molecule has 1 aromatic rings. The van der Waals surface area contributed by atoms with Gasteiger partial charge in [0, 0.05) is 23.6 Å². The Morgan fingerprint density at radius 1 is 1.24 bits per heavy atom. The minimum Gasteiger partial charge on any atom is -0.396 e. The van der Waals surface area contributed by atoms with Crippen molar-refractivity contribution in [3.05, 3.63) is 34.9 Å². The molecule has 0 spiro atoms. The van der Waals surface area contributed by atoms with Crippen LogP contribution in [0.15, 0.2) is 24.3 Å². The molecular weight excluding hydrogens is 310 g/mol. The maximum atomic E-state index is 12.4. The Morgan fingerprint density at radius 3 is 2.67 bits per heavy atom. The Labute approximate surface area is 130 Å². The highest BCUT2D eigenvalue weighted by Crippen LogP contribution is 2.48. The van der Waals surface area contributed by atoms with Crippen LogP contribution in [0.5, 0.6) is 0 Å². The number of aliphatic hydroxyl groups is 1. The van der Waals surface area contributed by atoms with E-state index < -0.39 is 10.0 Å². The fourth-order valence-electron chi connectivity index (χ4n) is 3.93. The molecule has 0 heterocycles. The molecule has 2 fully saturated rings. The third kappa shape index (κ3) is 3.11. The van der Waals surface area contributed by atoms with E-state index in [1.54, 1.807) is 24.3 Å². The first-order chi connectivity index (χ1) is 10.00. The summed E-state index contributed by atoms with van der Waals surface area (Å²) >= 11 is 6.03. The van der Waals surface area contributed by atoms with Gasteiger partial charge in [-0.1, -0.05) is 29.8 Å². The predicted molar refractivity (Wildman–Crippen MR) is 82.4 cm³/mol. The van der Waals surface area contributed by atoms with Crippen LogP contribution in [0, 0.1) is 17.8 Å². The summed E-state index contributed by atoms with van der Waals surface area (Å²) in [5.74, 6) is 0.782. The van der Waals surface area contributed by atoms with Gasteiger partial charge in [-0.3, -0.25) is 0 Å². The van der Waals surface area contributed by atoms with Gasteiger partial charge in [0.15, 0.2) is 0 Å². The van der Waals surface area contributed by atoms with Crippen LogP contribution in [-0.4, -0.2) is 26.2 Å². The number of nitrogens with one attached hydrogen (secondary N) is 1. The lowest BCUT2D eigenvalue weighted by molar-refractivity contribution is 0.153. The molecular formula is C15H20ClNO3S. The normalized spacial score (nSPS) is 31.7. The van der Waals surface area contributed by atoms with Crippen molar-refractivity contribution in [1.82, 2.24) is 4.72 Å². The molecule has 0 saturated heterocycles. The van der Waals surface area contributed by atoms with Crippen molar-refractivity contribution in [2.24, 2.45) is 17.8 Å². The van der Waals surface area contributed by atoms with Gasteiger partial charge in [-0.2, -0.15) is 0 Å². The number of sulfonamides is 1. The number of halogens is 1. The van der Waals surface area contributed by atoms with Gasteiger partial charge in [0.25, 0.3) is 0 Å². The fraction of sp³-hybridized carbons (Fsp3) is 0.600. The zero-order chi connectivity index (χ0) is 15.0. The second-order valence-corrected chi connectivity index (χ2v) is 8.33. The summed E-state index contributed by atoms with van der Waals surface area (Å²) in [6.07, 6.45) is 3.20. The van der Waals surface area contributed by atoms with Crippen molar-refractivity contribution in [1.29, 1.82) is 0 Å². The van der Waals surface area contributed by atoms with E-state index >= 15 is 0 Å². The lowest BCUT2D eigenvalue weighted by Gasteiger charge is -2.30. The standard InChI is InChI=1S/C15H20ClNO3S/c16-14-4-2-1-3-12(14)9-21(19,20)17-15-11-6-5-10(7-11)13(15)8-18/h1-4,10-11,13,15,17-18H,5-9H2. The minimum atomic E-state index is -3.45. The van der Waals surface area contributed by atoms with E-state index in [1.165, 1.54) is 0 Å². The molecule has 4 unspecified atom stereocenters. The summed E-state index contributed by atoms with van der Waals surface area (Å²) in [6.45, 7) is 0.0560.